The topological polar surface area (TPSA) is 125 Å². The van der Waals surface area contributed by atoms with Crippen LogP contribution in [0, 0.1) is 0 Å². The van der Waals surface area contributed by atoms with Gasteiger partial charge in [-0.1, -0.05) is 6.07 Å². The molecule has 0 saturated heterocycles. The molecule has 1 atom stereocenters. The normalized spacial score (nSPS) is 17.4. The summed E-state index contributed by atoms with van der Waals surface area (Å²) in [6.07, 6.45) is 1.49. The van der Waals surface area contributed by atoms with E-state index in [9.17, 15) is 13.2 Å². The number of sulfonamides is 1. The van der Waals surface area contributed by atoms with E-state index >= 15 is 0 Å². The van der Waals surface area contributed by atoms with Crippen molar-refractivity contribution in [2.45, 2.75) is 17.9 Å². The van der Waals surface area contributed by atoms with Crippen molar-refractivity contribution in [1.82, 2.24) is 10.4 Å². The third-order valence-corrected chi connectivity index (χ3v) is 4.70. The first-order valence-electron chi connectivity index (χ1n) is 7.24. The van der Waals surface area contributed by atoms with Crippen molar-refractivity contribution in [2.24, 2.45) is 15.3 Å². The molecule has 2 N–H and O–H groups in total. The van der Waals surface area contributed by atoms with E-state index in [0.717, 1.165) is 0 Å². The number of hydrazone groups is 1. The molecule has 10 heteroatoms. The summed E-state index contributed by atoms with van der Waals surface area (Å²) in [6, 6.07) is 9.95. The van der Waals surface area contributed by atoms with E-state index in [1.807, 2.05) is 0 Å². The zero-order valence-electron chi connectivity index (χ0n) is 13.1. The van der Waals surface area contributed by atoms with Gasteiger partial charge in [-0.25, -0.2) is 18.8 Å². The number of nitrogens with zero attached hydrogens (tertiary/aromatic N) is 4. The van der Waals surface area contributed by atoms with E-state index in [-0.39, 0.29) is 16.6 Å². The van der Waals surface area contributed by atoms with E-state index < -0.39 is 16.1 Å². The van der Waals surface area contributed by atoms with E-state index in [1.165, 1.54) is 30.5 Å². The molecule has 1 unspecified atom stereocenters. The molecule has 1 aromatic heterocycles. The minimum atomic E-state index is -3.75. The van der Waals surface area contributed by atoms with Gasteiger partial charge in [0.2, 0.25) is 0 Å². The predicted molar refractivity (Wildman–Crippen MR) is 91.0 cm³/mol. The van der Waals surface area contributed by atoms with Gasteiger partial charge in [0.25, 0.3) is 15.9 Å². The molecule has 2 heterocycles. The molecule has 9 nitrogen and oxygen atoms in total. The van der Waals surface area contributed by atoms with Gasteiger partial charge in [-0.15, -0.1) is 0 Å². The Hall–Kier alpha value is -3.14. The van der Waals surface area contributed by atoms with Crippen LogP contribution in [0.1, 0.15) is 6.92 Å². The van der Waals surface area contributed by atoms with E-state index in [2.05, 4.69) is 30.5 Å². The fraction of sp³-hybridized carbons (Fsp3) is 0.133. The summed E-state index contributed by atoms with van der Waals surface area (Å²) in [5.41, 5.74) is 3.25. The van der Waals surface area contributed by atoms with Gasteiger partial charge in [0, 0.05) is 6.20 Å². The zero-order valence-corrected chi connectivity index (χ0v) is 13.9. The SMILES string of the molecule is CC1=NNC(=O)C1N=Nc1ccc(S(=O)(=O)Nc2ccccn2)cc1. The van der Waals surface area contributed by atoms with Gasteiger partial charge in [0.15, 0.2) is 6.04 Å². The van der Waals surface area contributed by atoms with Crippen LogP contribution in [-0.2, 0) is 14.8 Å². The highest BCUT2D eigenvalue weighted by molar-refractivity contribution is 7.92. The Bertz CT molecular complexity index is 939. The molecule has 1 aromatic carbocycles. The maximum atomic E-state index is 12.3. The Morgan fingerprint density at radius 1 is 1.16 bits per heavy atom. The van der Waals surface area contributed by atoms with Crippen molar-refractivity contribution in [1.29, 1.82) is 0 Å². The van der Waals surface area contributed by atoms with Crippen LogP contribution in [0.5, 0.6) is 0 Å². The fourth-order valence-corrected chi connectivity index (χ4v) is 3.04. The Kier molecular flexibility index (Phi) is 4.52. The van der Waals surface area contributed by atoms with Crippen molar-refractivity contribution in [3.8, 4) is 0 Å². The number of rotatable bonds is 5. The molecule has 0 aliphatic carbocycles. The first-order valence-corrected chi connectivity index (χ1v) is 8.73. The molecule has 0 saturated carbocycles. The van der Waals surface area contributed by atoms with E-state index in [0.29, 0.717) is 11.4 Å². The number of hydrogen-bond donors (Lipinski definition) is 2. The molecule has 128 valence electrons. The van der Waals surface area contributed by atoms with Crippen molar-refractivity contribution < 1.29 is 13.2 Å². The van der Waals surface area contributed by atoms with Crippen molar-refractivity contribution in [3.05, 3.63) is 48.7 Å². The van der Waals surface area contributed by atoms with Crippen LogP contribution < -0.4 is 10.1 Å². The molecule has 2 aromatic rings. The average molecular weight is 358 g/mol. The number of nitrogens with one attached hydrogen (secondary N) is 2. The van der Waals surface area contributed by atoms with Gasteiger partial charge in [0.05, 0.1) is 16.3 Å². The number of carbonyl (C=O) groups excluding carboxylic acids is 1. The quantitative estimate of drug-likeness (QED) is 0.791. The van der Waals surface area contributed by atoms with Gasteiger partial charge < -0.3 is 0 Å². The lowest BCUT2D eigenvalue weighted by Crippen LogP contribution is -2.25. The van der Waals surface area contributed by atoms with Crippen LogP contribution in [0.15, 0.2) is 68.9 Å². The van der Waals surface area contributed by atoms with Gasteiger partial charge in [-0.3, -0.25) is 9.52 Å². The number of anilines is 1. The minimum absolute atomic E-state index is 0.0634. The fourth-order valence-electron chi connectivity index (χ4n) is 2.03. The molecule has 0 radical (unpaired) electrons. The molecule has 1 aliphatic heterocycles. The number of aromatic nitrogens is 1. The molecule has 0 bridgehead atoms. The second kappa shape index (κ2) is 6.77. The van der Waals surface area contributed by atoms with Crippen molar-refractivity contribution >= 4 is 33.1 Å². The maximum absolute atomic E-state index is 12.3. The summed E-state index contributed by atoms with van der Waals surface area (Å²) >= 11 is 0. The Labute approximate surface area is 143 Å². The largest absolute Gasteiger partial charge is 0.272 e. The number of benzene rings is 1. The van der Waals surface area contributed by atoms with E-state index in [1.54, 1.807) is 25.1 Å². The third kappa shape index (κ3) is 3.86. The molecular weight excluding hydrogens is 344 g/mol. The number of carbonyl (C=O) groups is 1. The van der Waals surface area contributed by atoms with Gasteiger partial charge in [-0.2, -0.15) is 15.3 Å². The molecule has 25 heavy (non-hydrogen) atoms. The lowest BCUT2D eigenvalue weighted by Gasteiger charge is -2.07. The maximum Gasteiger partial charge on any atom is 0.272 e. The average Bonchev–Trinajstić information content (AvgIpc) is 2.92. The number of pyridine rings is 1. The third-order valence-electron chi connectivity index (χ3n) is 3.33. The summed E-state index contributed by atoms with van der Waals surface area (Å²) in [5.74, 6) is -0.117. The smallest absolute Gasteiger partial charge is 0.270 e. The standard InChI is InChI=1S/C15H14N6O3S/c1-10-14(15(22)20-17-10)19-18-11-5-7-12(8-6-11)25(23,24)21-13-4-2-3-9-16-13/h2-9,14H,1H3,(H,16,21)(H,20,22). The van der Waals surface area contributed by atoms with Crippen LogP contribution in [0.2, 0.25) is 0 Å². The predicted octanol–water partition coefficient (Wildman–Crippen LogP) is 1.84. The van der Waals surface area contributed by atoms with Crippen LogP contribution in [0.25, 0.3) is 0 Å². The van der Waals surface area contributed by atoms with Gasteiger partial charge in [0.1, 0.15) is 5.82 Å². The van der Waals surface area contributed by atoms with E-state index in [4.69, 9.17) is 0 Å². The first kappa shape index (κ1) is 16.7. The first-order chi connectivity index (χ1) is 12.0. The summed E-state index contributed by atoms with van der Waals surface area (Å²) in [6.45, 7) is 1.67. The van der Waals surface area contributed by atoms with Crippen LogP contribution in [0.4, 0.5) is 11.5 Å². The molecular formula is C15H14N6O3S. The summed E-state index contributed by atoms with van der Waals surface area (Å²) in [7, 11) is -3.75. The second-order valence-corrected chi connectivity index (χ2v) is 6.84. The Morgan fingerprint density at radius 2 is 1.92 bits per heavy atom. The van der Waals surface area contributed by atoms with Crippen LogP contribution >= 0.6 is 0 Å². The highest BCUT2D eigenvalue weighted by Crippen LogP contribution is 2.19. The molecule has 1 aliphatic rings. The highest BCUT2D eigenvalue weighted by atomic mass is 32.2. The van der Waals surface area contributed by atoms with Crippen molar-refractivity contribution in [3.63, 3.8) is 0 Å². The summed E-state index contributed by atoms with van der Waals surface area (Å²) in [4.78, 5) is 15.5. The molecule has 0 fully saturated rings. The monoisotopic (exact) mass is 358 g/mol. The summed E-state index contributed by atoms with van der Waals surface area (Å²) in [5, 5.41) is 11.6. The van der Waals surface area contributed by atoms with Crippen LogP contribution in [0.3, 0.4) is 0 Å². The van der Waals surface area contributed by atoms with Gasteiger partial charge >= 0.3 is 0 Å². The van der Waals surface area contributed by atoms with Crippen LogP contribution in [-0.4, -0.2) is 31.1 Å². The number of amides is 1. The molecule has 1 amide bonds. The zero-order chi connectivity index (χ0) is 17.9. The van der Waals surface area contributed by atoms with Crippen molar-refractivity contribution in [2.75, 3.05) is 4.72 Å². The molecule has 3 rings (SSSR count). The number of azo groups is 1. The second-order valence-electron chi connectivity index (χ2n) is 5.16. The Balaban J connectivity index is 1.74. The number of hydrogen-bond acceptors (Lipinski definition) is 7. The summed E-state index contributed by atoms with van der Waals surface area (Å²) < 4.78 is 27.0. The van der Waals surface area contributed by atoms with Gasteiger partial charge in [-0.05, 0) is 43.3 Å². The minimum Gasteiger partial charge on any atom is -0.270 e. The highest BCUT2D eigenvalue weighted by Gasteiger charge is 2.26. The Morgan fingerprint density at radius 3 is 2.52 bits per heavy atom. The lowest BCUT2D eigenvalue weighted by molar-refractivity contribution is -0.120. The molecule has 0 spiro atoms. The lowest BCUT2D eigenvalue weighted by atomic mass is 10.2.